The van der Waals surface area contributed by atoms with Gasteiger partial charge in [-0.3, -0.25) is 9.69 Å². The number of ether oxygens (including phenoxy) is 1. The zero-order valence-electron chi connectivity index (χ0n) is 9.63. The molecule has 2 heterocycles. The molecule has 94 valence electrons. The molecule has 1 N–H and O–H groups in total. The SMILES string of the molecule is Cc1nnc(CN2CCOC(CC(=O)O)C2)o1. The maximum atomic E-state index is 10.6. The Morgan fingerprint density at radius 2 is 2.41 bits per heavy atom. The summed E-state index contributed by atoms with van der Waals surface area (Å²) in [4.78, 5) is 12.7. The number of rotatable bonds is 4. The lowest BCUT2D eigenvalue weighted by Gasteiger charge is -2.31. The van der Waals surface area contributed by atoms with Gasteiger partial charge in [0.25, 0.3) is 0 Å². The van der Waals surface area contributed by atoms with Crippen molar-refractivity contribution in [2.24, 2.45) is 0 Å². The Balaban J connectivity index is 1.87. The van der Waals surface area contributed by atoms with Crippen LogP contribution in [0.2, 0.25) is 0 Å². The number of aromatic nitrogens is 2. The lowest BCUT2D eigenvalue weighted by Crippen LogP contribution is -2.42. The molecule has 1 fully saturated rings. The molecular weight excluding hydrogens is 226 g/mol. The molecule has 0 aromatic carbocycles. The summed E-state index contributed by atoms with van der Waals surface area (Å²) in [6, 6.07) is 0. The smallest absolute Gasteiger partial charge is 0.306 e. The number of morpholine rings is 1. The number of aliphatic carboxylic acids is 1. The highest BCUT2D eigenvalue weighted by Crippen LogP contribution is 2.11. The molecule has 1 aliphatic rings. The van der Waals surface area contributed by atoms with Crippen LogP contribution < -0.4 is 0 Å². The van der Waals surface area contributed by atoms with E-state index in [4.69, 9.17) is 14.3 Å². The second kappa shape index (κ2) is 5.24. The topological polar surface area (TPSA) is 88.7 Å². The molecule has 1 aromatic rings. The third-order valence-electron chi connectivity index (χ3n) is 2.55. The van der Waals surface area contributed by atoms with Crippen molar-refractivity contribution in [2.75, 3.05) is 19.7 Å². The van der Waals surface area contributed by atoms with E-state index in [1.165, 1.54) is 0 Å². The molecule has 0 spiro atoms. The predicted molar refractivity (Wildman–Crippen MR) is 56.3 cm³/mol. The first-order valence-electron chi connectivity index (χ1n) is 5.48. The summed E-state index contributed by atoms with van der Waals surface area (Å²) in [6.07, 6.45) is -0.232. The minimum absolute atomic E-state index is 0.0271. The first-order valence-corrected chi connectivity index (χ1v) is 5.48. The molecule has 0 aliphatic carbocycles. The number of carboxylic acid groups (broad SMARTS) is 1. The molecule has 0 bridgehead atoms. The number of carboxylic acids is 1. The second-order valence-corrected chi connectivity index (χ2v) is 4.04. The zero-order chi connectivity index (χ0) is 12.3. The molecular formula is C10H15N3O4. The first kappa shape index (κ1) is 12.0. The van der Waals surface area contributed by atoms with Gasteiger partial charge in [0.15, 0.2) is 0 Å². The van der Waals surface area contributed by atoms with E-state index in [1.807, 2.05) is 0 Å². The molecule has 1 aliphatic heterocycles. The Kier molecular flexibility index (Phi) is 3.70. The van der Waals surface area contributed by atoms with Gasteiger partial charge < -0.3 is 14.3 Å². The van der Waals surface area contributed by atoms with E-state index in [1.54, 1.807) is 6.92 Å². The lowest BCUT2D eigenvalue weighted by molar-refractivity contribution is -0.142. The van der Waals surface area contributed by atoms with E-state index in [2.05, 4.69) is 15.1 Å². The van der Waals surface area contributed by atoms with Crippen LogP contribution in [0.1, 0.15) is 18.2 Å². The highest BCUT2D eigenvalue weighted by molar-refractivity contribution is 5.67. The fraction of sp³-hybridized carbons (Fsp3) is 0.700. The Labute approximate surface area is 98.4 Å². The van der Waals surface area contributed by atoms with Crippen molar-refractivity contribution in [3.63, 3.8) is 0 Å². The summed E-state index contributed by atoms with van der Waals surface area (Å²) < 4.78 is 10.7. The van der Waals surface area contributed by atoms with E-state index in [0.717, 1.165) is 6.54 Å². The highest BCUT2D eigenvalue weighted by Gasteiger charge is 2.23. The summed E-state index contributed by atoms with van der Waals surface area (Å²) in [5.74, 6) is 0.249. The van der Waals surface area contributed by atoms with Crippen molar-refractivity contribution >= 4 is 5.97 Å². The van der Waals surface area contributed by atoms with Gasteiger partial charge >= 0.3 is 5.97 Å². The van der Waals surface area contributed by atoms with Gasteiger partial charge in [0.05, 0.1) is 25.7 Å². The number of hydrogen-bond donors (Lipinski definition) is 1. The van der Waals surface area contributed by atoms with Gasteiger partial charge in [0, 0.05) is 20.0 Å². The van der Waals surface area contributed by atoms with Crippen molar-refractivity contribution < 1.29 is 19.1 Å². The average Bonchev–Trinajstić information content (AvgIpc) is 2.63. The molecule has 1 unspecified atom stereocenters. The van der Waals surface area contributed by atoms with Crippen LogP contribution in [0.5, 0.6) is 0 Å². The number of nitrogens with zero attached hydrogens (tertiary/aromatic N) is 3. The van der Waals surface area contributed by atoms with E-state index >= 15 is 0 Å². The number of aryl methyl sites for hydroxylation is 1. The molecule has 1 atom stereocenters. The van der Waals surface area contributed by atoms with E-state index in [-0.39, 0.29) is 12.5 Å². The van der Waals surface area contributed by atoms with Crippen LogP contribution in [0.25, 0.3) is 0 Å². The molecule has 2 rings (SSSR count). The van der Waals surface area contributed by atoms with Gasteiger partial charge in [0.2, 0.25) is 11.8 Å². The molecule has 0 saturated carbocycles. The molecule has 0 radical (unpaired) electrons. The minimum atomic E-state index is -0.842. The third kappa shape index (κ3) is 3.50. The van der Waals surface area contributed by atoms with Crippen molar-refractivity contribution in [1.82, 2.24) is 15.1 Å². The van der Waals surface area contributed by atoms with Crippen LogP contribution in [0.3, 0.4) is 0 Å². The Morgan fingerprint density at radius 1 is 1.59 bits per heavy atom. The van der Waals surface area contributed by atoms with Gasteiger partial charge in [-0.05, 0) is 0 Å². The highest BCUT2D eigenvalue weighted by atomic mass is 16.5. The van der Waals surface area contributed by atoms with Crippen LogP contribution in [0.4, 0.5) is 0 Å². The van der Waals surface area contributed by atoms with Gasteiger partial charge in [-0.1, -0.05) is 0 Å². The Bertz CT molecular complexity index is 393. The maximum Gasteiger partial charge on any atom is 0.306 e. The number of hydrogen-bond acceptors (Lipinski definition) is 6. The molecule has 7 nitrogen and oxygen atoms in total. The first-order chi connectivity index (χ1) is 8.13. The lowest BCUT2D eigenvalue weighted by atomic mass is 10.2. The summed E-state index contributed by atoms with van der Waals surface area (Å²) in [7, 11) is 0. The van der Waals surface area contributed by atoms with Crippen LogP contribution in [0, 0.1) is 6.92 Å². The van der Waals surface area contributed by atoms with E-state index in [9.17, 15) is 4.79 Å². The van der Waals surface area contributed by atoms with Crippen molar-refractivity contribution in [3.8, 4) is 0 Å². The van der Waals surface area contributed by atoms with Gasteiger partial charge in [-0.2, -0.15) is 0 Å². The average molecular weight is 241 g/mol. The summed E-state index contributed by atoms with van der Waals surface area (Å²) in [5.41, 5.74) is 0. The standard InChI is InChI=1S/C10H15N3O4/c1-7-11-12-9(17-7)6-13-2-3-16-8(5-13)4-10(14)15/h8H,2-6H2,1H3,(H,14,15). The van der Waals surface area contributed by atoms with Crippen LogP contribution in [0.15, 0.2) is 4.42 Å². The van der Waals surface area contributed by atoms with Crippen molar-refractivity contribution in [3.05, 3.63) is 11.8 Å². The zero-order valence-corrected chi connectivity index (χ0v) is 9.63. The van der Waals surface area contributed by atoms with Crippen molar-refractivity contribution in [1.29, 1.82) is 0 Å². The quantitative estimate of drug-likeness (QED) is 0.796. The molecule has 1 saturated heterocycles. The van der Waals surface area contributed by atoms with Gasteiger partial charge in [-0.15, -0.1) is 10.2 Å². The monoisotopic (exact) mass is 241 g/mol. The van der Waals surface area contributed by atoms with E-state index in [0.29, 0.717) is 31.5 Å². The Morgan fingerprint density at radius 3 is 3.06 bits per heavy atom. The maximum absolute atomic E-state index is 10.6. The molecule has 7 heteroatoms. The Hall–Kier alpha value is -1.47. The van der Waals surface area contributed by atoms with Crippen LogP contribution in [-0.2, 0) is 16.1 Å². The van der Waals surface area contributed by atoms with Gasteiger partial charge in [0.1, 0.15) is 0 Å². The van der Waals surface area contributed by atoms with Crippen LogP contribution in [-0.4, -0.2) is 52.0 Å². The van der Waals surface area contributed by atoms with Crippen molar-refractivity contribution in [2.45, 2.75) is 26.0 Å². The largest absolute Gasteiger partial charge is 0.481 e. The molecule has 1 aromatic heterocycles. The third-order valence-corrected chi connectivity index (χ3v) is 2.55. The molecule has 17 heavy (non-hydrogen) atoms. The van der Waals surface area contributed by atoms with Crippen LogP contribution >= 0.6 is 0 Å². The normalized spacial score (nSPS) is 21.6. The summed E-state index contributed by atoms with van der Waals surface area (Å²) in [6.45, 7) is 4.14. The summed E-state index contributed by atoms with van der Waals surface area (Å²) in [5, 5.41) is 16.4. The number of carbonyl (C=O) groups is 1. The molecule has 0 amide bonds. The predicted octanol–water partition coefficient (Wildman–Crippen LogP) is 0.0535. The van der Waals surface area contributed by atoms with E-state index < -0.39 is 5.97 Å². The fourth-order valence-corrected chi connectivity index (χ4v) is 1.83. The minimum Gasteiger partial charge on any atom is -0.481 e. The second-order valence-electron chi connectivity index (χ2n) is 4.04. The fourth-order valence-electron chi connectivity index (χ4n) is 1.83. The van der Waals surface area contributed by atoms with Gasteiger partial charge in [-0.25, -0.2) is 0 Å². The summed E-state index contributed by atoms with van der Waals surface area (Å²) >= 11 is 0.